The summed E-state index contributed by atoms with van der Waals surface area (Å²) >= 11 is 0. The van der Waals surface area contributed by atoms with Crippen LogP contribution in [0.2, 0.25) is 0 Å². The van der Waals surface area contributed by atoms with Gasteiger partial charge in [-0.15, -0.1) is 0 Å². The minimum Gasteiger partial charge on any atom is -0.495 e. The van der Waals surface area contributed by atoms with Gasteiger partial charge in [-0.2, -0.15) is 0 Å². The van der Waals surface area contributed by atoms with Crippen molar-refractivity contribution in [2.24, 2.45) is 11.8 Å². The molecule has 1 fully saturated rings. The molecule has 0 unspecified atom stereocenters. The van der Waals surface area contributed by atoms with Crippen LogP contribution >= 0.6 is 0 Å². The lowest BCUT2D eigenvalue weighted by Crippen LogP contribution is -2.96. The normalized spacial score (nSPS) is 25.7. The highest BCUT2D eigenvalue weighted by molar-refractivity contribution is 5.92. The fourth-order valence-corrected chi connectivity index (χ4v) is 3.63. The molecule has 0 heterocycles. The summed E-state index contributed by atoms with van der Waals surface area (Å²) < 4.78 is 5.28. The third-order valence-corrected chi connectivity index (χ3v) is 5.23. The van der Waals surface area contributed by atoms with Crippen molar-refractivity contribution >= 4 is 11.6 Å². The average Bonchev–Trinajstić information content (AvgIpc) is 2.52. The van der Waals surface area contributed by atoms with Gasteiger partial charge in [0.05, 0.1) is 31.3 Å². The molecule has 2 rings (SSSR count). The first kappa shape index (κ1) is 17.8. The molecule has 4 nitrogen and oxygen atoms in total. The molecule has 23 heavy (non-hydrogen) atoms. The van der Waals surface area contributed by atoms with Crippen LogP contribution < -0.4 is 15.4 Å². The molecular weight excluding hydrogens is 288 g/mol. The van der Waals surface area contributed by atoms with E-state index in [1.807, 2.05) is 24.3 Å². The van der Waals surface area contributed by atoms with Crippen LogP contribution in [0.5, 0.6) is 5.75 Å². The number of ether oxygens (including phenoxy) is 1. The van der Waals surface area contributed by atoms with Gasteiger partial charge in [-0.1, -0.05) is 26.0 Å². The fraction of sp³-hybridized carbons (Fsp3) is 0.632. The maximum Gasteiger partial charge on any atom is 0.230 e. The topological polar surface area (TPSA) is 54.9 Å². The Balaban J connectivity index is 1.85. The molecule has 0 spiro atoms. The number of anilines is 1. The Morgan fingerprint density at radius 2 is 2.09 bits per heavy atom. The van der Waals surface area contributed by atoms with Gasteiger partial charge >= 0.3 is 0 Å². The Hall–Kier alpha value is -1.55. The first-order chi connectivity index (χ1) is 11.0. The van der Waals surface area contributed by atoms with Crippen LogP contribution in [0.3, 0.4) is 0 Å². The summed E-state index contributed by atoms with van der Waals surface area (Å²) in [6.45, 7) is 6.85. The van der Waals surface area contributed by atoms with Gasteiger partial charge in [0.1, 0.15) is 5.75 Å². The lowest BCUT2D eigenvalue weighted by atomic mass is 9.78. The van der Waals surface area contributed by atoms with E-state index in [0.29, 0.717) is 24.3 Å². The molecule has 4 heteroatoms. The highest BCUT2D eigenvalue weighted by Gasteiger charge is 2.31. The van der Waals surface area contributed by atoms with Crippen LogP contribution in [0.15, 0.2) is 24.3 Å². The number of hydrogen-bond donors (Lipinski definition) is 2. The number of methoxy groups -OCH3 is 1. The smallest absolute Gasteiger partial charge is 0.230 e. The summed E-state index contributed by atoms with van der Waals surface area (Å²) in [5.41, 5.74) is 0.742. The number of nitrogens with two attached hydrogens (primary N) is 1. The van der Waals surface area contributed by atoms with E-state index in [1.165, 1.54) is 19.3 Å². The van der Waals surface area contributed by atoms with Crippen molar-refractivity contribution in [1.29, 1.82) is 0 Å². The van der Waals surface area contributed by atoms with Crippen LogP contribution in [-0.2, 0) is 4.79 Å². The van der Waals surface area contributed by atoms with Gasteiger partial charge in [0, 0.05) is 5.92 Å². The highest BCUT2D eigenvalue weighted by atomic mass is 16.5. The number of hydrogen-bond acceptors (Lipinski definition) is 2. The number of para-hydroxylation sites is 2. The van der Waals surface area contributed by atoms with E-state index in [4.69, 9.17) is 4.74 Å². The Bertz CT molecular complexity index is 518. The monoisotopic (exact) mass is 319 g/mol. The van der Waals surface area contributed by atoms with Gasteiger partial charge < -0.3 is 15.4 Å². The largest absolute Gasteiger partial charge is 0.495 e. The summed E-state index contributed by atoms with van der Waals surface area (Å²) in [6.07, 6.45) is 4.45. The average molecular weight is 319 g/mol. The molecule has 128 valence electrons. The van der Waals surface area contributed by atoms with Crippen molar-refractivity contribution in [3.05, 3.63) is 24.3 Å². The van der Waals surface area contributed by atoms with Gasteiger partial charge in [-0.3, -0.25) is 4.79 Å². The molecule has 0 saturated heterocycles. The zero-order chi connectivity index (χ0) is 16.8. The Morgan fingerprint density at radius 3 is 2.83 bits per heavy atom. The molecule has 1 aliphatic rings. The molecule has 0 bridgehead atoms. The van der Waals surface area contributed by atoms with E-state index in [-0.39, 0.29) is 5.91 Å². The van der Waals surface area contributed by atoms with Crippen molar-refractivity contribution < 1.29 is 14.8 Å². The summed E-state index contributed by atoms with van der Waals surface area (Å²) in [5.74, 6) is 2.27. The molecule has 1 aromatic rings. The van der Waals surface area contributed by atoms with Gasteiger partial charge in [-0.05, 0) is 44.2 Å². The second-order valence-corrected chi connectivity index (χ2v) is 7.05. The second kappa shape index (κ2) is 8.34. The lowest BCUT2D eigenvalue weighted by molar-refractivity contribution is -0.726. The molecule has 0 radical (unpaired) electrons. The van der Waals surface area contributed by atoms with Crippen LogP contribution in [0.1, 0.15) is 46.5 Å². The fourth-order valence-electron chi connectivity index (χ4n) is 3.63. The Labute approximate surface area is 140 Å². The number of amides is 1. The highest BCUT2D eigenvalue weighted by Crippen LogP contribution is 2.27. The number of rotatable bonds is 6. The number of carbonyl (C=O) groups is 1. The van der Waals surface area contributed by atoms with E-state index in [9.17, 15) is 4.79 Å². The van der Waals surface area contributed by atoms with E-state index >= 15 is 0 Å². The van der Waals surface area contributed by atoms with Gasteiger partial charge in [0.25, 0.3) is 0 Å². The maximum atomic E-state index is 12.3. The molecule has 3 N–H and O–H groups in total. The third kappa shape index (κ3) is 4.96. The van der Waals surface area contributed by atoms with Crippen molar-refractivity contribution in [2.45, 2.75) is 58.5 Å². The SMILES string of the molecule is COc1ccccc1NC(=O)C[C@H](C)[NH2+][C@H]1CCC[C@@H](C)[C@H]1C. The number of quaternary nitrogens is 1. The molecular formula is C19H31N2O2+. The van der Waals surface area contributed by atoms with Gasteiger partial charge in [0.15, 0.2) is 0 Å². The van der Waals surface area contributed by atoms with E-state index in [1.54, 1.807) is 7.11 Å². The molecule has 1 amide bonds. The standard InChI is InChI=1S/C19H30N2O2/c1-13-8-7-10-16(15(13)3)20-14(2)12-19(22)21-17-9-5-6-11-18(17)23-4/h5-6,9,11,13-16,20H,7-8,10,12H2,1-4H3,(H,21,22)/p+1/t13-,14+,15-,16+/m1/s1. The molecule has 0 aromatic heterocycles. The number of benzene rings is 1. The van der Waals surface area contributed by atoms with Crippen LogP contribution in [0.4, 0.5) is 5.69 Å². The molecule has 0 aliphatic heterocycles. The predicted octanol–water partition coefficient (Wildman–Crippen LogP) is 2.80. The van der Waals surface area contributed by atoms with E-state index in [2.05, 4.69) is 31.4 Å². The minimum atomic E-state index is 0.0507. The molecule has 4 atom stereocenters. The minimum absolute atomic E-state index is 0.0507. The maximum absolute atomic E-state index is 12.3. The van der Waals surface area contributed by atoms with Crippen molar-refractivity contribution in [1.82, 2.24) is 0 Å². The zero-order valence-electron chi connectivity index (χ0n) is 14.8. The zero-order valence-corrected chi connectivity index (χ0v) is 14.8. The first-order valence-corrected chi connectivity index (χ1v) is 8.79. The Kier molecular flexibility index (Phi) is 6.46. The Morgan fingerprint density at radius 1 is 1.35 bits per heavy atom. The second-order valence-electron chi connectivity index (χ2n) is 7.05. The third-order valence-electron chi connectivity index (χ3n) is 5.23. The summed E-state index contributed by atoms with van der Waals surface area (Å²) in [5, 5.41) is 5.37. The predicted molar refractivity (Wildman–Crippen MR) is 93.6 cm³/mol. The van der Waals surface area contributed by atoms with Gasteiger partial charge in [0.2, 0.25) is 5.91 Å². The van der Waals surface area contributed by atoms with E-state index < -0.39 is 0 Å². The summed E-state index contributed by atoms with van der Waals surface area (Å²) in [7, 11) is 1.62. The van der Waals surface area contributed by atoms with Gasteiger partial charge in [-0.25, -0.2) is 0 Å². The van der Waals surface area contributed by atoms with E-state index in [0.717, 1.165) is 17.5 Å². The van der Waals surface area contributed by atoms with Crippen molar-refractivity contribution in [3.63, 3.8) is 0 Å². The molecule has 1 saturated carbocycles. The van der Waals surface area contributed by atoms with Crippen molar-refractivity contribution in [3.8, 4) is 5.75 Å². The summed E-state index contributed by atoms with van der Waals surface area (Å²) in [6, 6.07) is 8.47. The molecule has 1 aromatic carbocycles. The lowest BCUT2D eigenvalue weighted by Gasteiger charge is -2.33. The number of nitrogens with one attached hydrogen (secondary N) is 1. The van der Waals surface area contributed by atoms with Crippen LogP contribution in [0, 0.1) is 11.8 Å². The summed E-state index contributed by atoms with van der Waals surface area (Å²) in [4.78, 5) is 12.3. The quantitative estimate of drug-likeness (QED) is 0.847. The molecule has 1 aliphatic carbocycles. The van der Waals surface area contributed by atoms with Crippen LogP contribution in [0.25, 0.3) is 0 Å². The first-order valence-electron chi connectivity index (χ1n) is 8.79. The van der Waals surface area contributed by atoms with Crippen LogP contribution in [-0.4, -0.2) is 25.1 Å². The number of carbonyl (C=O) groups excluding carboxylic acids is 1. The van der Waals surface area contributed by atoms with Crippen molar-refractivity contribution in [2.75, 3.05) is 12.4 Å².